The van der Waals surface area contributed by atoms with E-state index in [1.54, 1.807) is 22.9 Å². The molecule has 1 saturated carbocycles. The fraction of sp³-hybridized carbons (Fsp3) is 0.357. The molecular formula is C28H24F4N8O3S2. The summed E-state index contributed by atoms with van der Waals surface area (Å²) < 4.78 is 85.6. The Hall–Kier alpha value is -4.27. The summed E-state index contributed by atoms with van der Waals surface area (Å²) in [6, 6.07) is 6.79. The van der Waals surface area contributed by atoms with Gasteiger partial charge in [-0.1, -0.05) is 5.57 Å². The predicted molar refractivity (Wildman–Crippen MR) is 152 cm³/mol. The lowest BCUT2D eigenvalue weighted by Crippen LogP contribution is -2.51. The number of carbonyl (C=O) groups is 1. The van der Waals surface area contributed by atoms with E-state index in [9.17, 15) is 36.0 Å². The minimum atomic E-state index is -4.70. The summed E-state index contributed by atoms with van der Waals surface area (Å²) in [6.07, 6.45) is 0.695. The number of nitrogens with zero attached hydrogens (tertiary/aromatic N) is 8. The van der Waals surface area contributed by atoms with Crippen LogP contribution in [0.3, 0.4) is 0 Å². The van der Waals surface area contributed by atoms with E-state index in [-0.39, 0.29) is 55.0 Å². The standard InChI is InChI=1S/C28H24F4N8O3S2/c1-38-16-35-26(37-38)45(42,43)39(10-2-9-33)21-6-3-18-11-22-17(14-36-40(22)20-7-4-19(29)5-8-20)12-27(18,13-21)24(41)25-34-15-23(44-25)28(30,31)32/h4-5,7-8,11,14-16,21H,2-3,6,10,12-13H2,1H3/t21-,27-/m0/s1. The minimum absolute atomic E-state index is 0.0135. The molecule has 0 aliphatic heterocycles. The fourth-order valence-electron chi connectivity index (χ4n) is 6.03. The number of hydrogen-bond donors (Lipinski definition) is 0. The molecular weight excluding hydrogens is 636 g/mol. The maximum atomic E-state index is 14.3. The van der Waals surface area contributed by atoms with Gasteiger partial charge in [0.2, 0.25) is 5.78 Å². The van der Waals surface area contributed by atoms with Crippen molar-refractivity contribution in [1.82, 2.24) is 33.8 Å². The number of fused-ring (bicyclic) bond motifs is 2. The number of nitriles is 1. The topological polar surface area (TPSA) is 140 Å². The Balaban J connectivity index is 1.45. The van der Waals surface area contributed by atoms with Crippen molar-refractivity contribution in [2.24, 2.45) is 12.5 Å². The van der Waals surface area contributed by atoms with Gasteiger partial charge in [0.1, 0.15) is 17.0 Å². The van der Waals surface area contributed by atoms with Gasteiger partial charge in [-0.15, -0.1) is 16.4 Å². The zero-order chi connectivity index (χ0) is 32.1. The number of halogens is 4. The second-order valence-corrected chi connectivity index (χ2v) is 13.7. The van der Waals surface area contributed by atoms with Crippen LogP contribution >= 0.6 is 11.3 Å². The summed E-state index contributed by atoms with van der Waals surface area (Å²) in [5.41, 5.74) is 0.930. The SMILES string of the molecule is Cn1cnc(S(=O)(=O)N(CCC#N)[C@H]2CCC3=Cc4c(cnn4-c4ccc(F)cc4)C[C@]3(C(=O)c3ncc(C(F)(F)F)s3)C2)n1. The first-order valence-electron chi connectivity index (χ1n) is 13.7. The Bertz CT molecular complexity index is 1960. The van der Waals surface area contributed by atoms with E-state index in [2.05, 4.69) is 20.2 Å². The number of Topliss-reactive ketones (excluding diaryl/α,β-unsaturated/α-hetero) is 1. The average molecular weight is 661 g/mol. The second kappa shape index (κ2) is 11.3. The van der Waals surface area contributed by atoms with Crippen LogP contribution in [0, 0.1) is 22.6 Å². The number of aromatic nitrogens is 6. The van der Waals surface area contributed by atoms with Gasteiger partial charge in [0, 0.05) is 26.1 Å². The molecule has 3 heterocycles. The molecule has 2 atom stereocenters. The van der Waals surface area contributed by atoms with Gasteiger partial charge in [0.15, 0.2) is 5.01 Å². The van der Waals surface area contributed by atoms with Crippen LogP contribution in [0.2, 0.25) is 0 Å². The van der Waals surface area contributed by atoms with E-state index in [1.165, 1.54) is 36.4 Å². The normalized spacial score (nSPS) is 19.9. The number of rotatable bonds is 8. The maximum Gasteiger partial charge on any atom is 0.427 e. The predicted octanol–water partition coefficient (Wildman–Crippen LogP) is 4.58. The van der Waals surface area contributed by atoms with E-state index < -0.39 is 49.3 Å². The third-order valence-corrected chi connectivity index (χ3v) is 10.9. The first-order valence-corrected chi connectivity index (χ1v) is 16.0. The maximum absolute atomic E-state index is 14.3. The van der Waals surface area contributed by atoms with Crippen LogP contribution in [0.15, 0.2) is 53.7 Å². The van der Waals surface area contributed by atoms with E-state index in [4.69, 9.17) is 0 Å². The number of sulfonamides is 1. The van der Waals surface area contributed by atoms with Crippen molar-refractivity contribution in [2.45, 2.75) is 49.5 Å². The molecule has 0 unspecified atom stereocenters. The molecule has 17 heteroatoms. The summed E-state index contributed by atoms with van der Waals surface area (Å²) in [4.78, 5) is 21.1. The third-order valence-electron chi connectivity index (χ3n) is 8.09. The molecule has 6 rings (SSSR count). The van der Waals surface area contributed by atoms with Crippen LogP contribution in [-0.4, -0.2) is 60.6 Å². The first-order chi connectivity index (χ1) is 21.3. The summed E-state index contributed by atoms with van der Waals surface area (Å²) in [7, 11) is -2.81. The lowest BCUT2D eigenvalue weighted by molar-refractivity contribution is -0.134. The van der Waals surface area contributed by atoms with Crippen molar-refractivity contribution in [3.8, 4) is 11.8 Å². The Kier molecular flexibility index (Phi) is 7.70. The van der Waals surface area contributed by atoms with Gasteiger partial charge in [-0.05, 0) is 61.6 Å². The van der Waals surface area contributed by atoms with E-state index in [1.807, 2.05) is 6.07 Å². The van der Waals surface area contributed by atoms with Crippen molar-refractivity contribution in [3.05, 3.63) is 75.5 Å². The number of benzene rings is 1. The van der Waals surface area contributed by atoms with Gasteiger partial charge in [-0.3, -0.25) is 9.48 Å². The van der Waals surface area contributed by atoms with Crippen LogP contribution in [0.5, 0.6) is 0 Å². The molecule has 0 amide bonds. The number of ketones is 1. The van der Waals surface area contributed by atoms with E-state index in [0.29, 0.717) is 28.7 Å². The molecule has 45 heavy (non-hydrogen) atoms. The Morgan fingerprint density at radius 2 is 1.98 bits per heavy atom. The van der Waals surface area contributed by atoms with E-state index >= 15 is 0 Å². The molecule has 3 aromatic heterocycles. The third kappa shape index (κ3) is 5.47. The Labute approximate surface area is 258 Å². The van der Waals surface area contributed by atoms with Gasteiger partial charge in [-0.2, -0.15) is 27.8 Å². The second-order valence-electron chi connectivity index (χ2n) is 10.8. The fourth-order valence-corrected chi connectivity index (χ4v) is 8.38. The van der Waals surface area contributed by atoms with Crippen LogP contribution in [0.1, 0.15) is 51.6 Å². The molecule has 0 saturated heterocycles. The van der Waals surface area contributed by atoms with Crippen LogP contribution < -0.4 is 0 Å². The van der Waals surface area contributed by atoms with Gasteiger partial charge in [0.25, 0.3) is 15.2 Å². The number of carbonyl (C=O) groups excluding carboxylic acids is 1. The molecule has 11 nitrogen and oxygen atoms in total. The smallest absolute Gasteiger partial charge is 0.290 e. The molecule has 0 radical (unpaired) electrons. The van der Waals surface area contributed by atoms with Crippen molar-refractivity contribution >= 4 is 33.2 Å². The first kappa shape index (κ1) is 30.7. The van der Waals surface area contributed by atoms with Crippen LogP contribution in [-0.2, 0) is 29.7 Å². The highest BCUT2D eigenvalue weighted by atomic mass is 32.2. The summed E-state index contributed by atoms with van der Waals surface area (Å²) in [5, 5.41) is 16.9. The van der Waals surface area contributed by atoms with Gasteiger partial charge in [-0.25, -0.2) is 27.5 Å². The Morgan fingerprint density at radius 1 is 1.22 bits per heavy atom. The molecule has 1 aromatic carbocycles. The van der Waals surface area contributed by atoms with Crippen molar-refractivity contribution in [2.75, 3.05) is 6.54 Å². The zero-order valence-electron chi connectivity index (χ0n) is 23.6. The highest BCUT2D eigenvalue weighted by molar-refractivity contribution is 7.89. The lowest BCUT2D eigenvalue weighted by atomic mass is 9.61. The zero-order valence-corrected chi connectivity index (χ0v) is 25.2. The average Bonchev–Trinajstić information content (AvgIpc) is 3.76. The minimum Gasteiger partial charge on any atom is -0.290 e. The van der Waals surface area contributed by atoms with Gasteiger partial charge < -0.3 is 0 Å². The van der Waals surface area contributed by atoms with Gasteiger partial charge >= 0.3 is 6.18 Å². The lowest BCUT2D eigenvalue weighted by Gasteiger charge is -2.46. The van der Waals surface area contributed by atoms with E-state index in [0.717, 1.165) is 4.31 Å². The molecule has 0 N–H and O–H groups in total. The molecule has 234 valence electrons. The molecule has 0 bridgehead atoms. The van der Waals surface area contributed by atoms with Crippen LogP contribution in [0.4, 0.5) is 17.6 Å². The molecule has 0 spiro atoms. The monoisotopic (exact) mass is 660 g/mol. The van der Waals surface area contributed by atoms with Crippen molar-refractivity contribution < 1.29 is 30.8 Å². The van der Waals surface area contributed by atoms with Crippen molar-refractivity contribution in [1.29, 1.82) is 5.26 Å². The van der Waals surface area contributed by atoms with Gasteiger partial charge in [0.05, 0.1) is 35.3 Å². The largest absolute Gasteiger partial charge is 0.427 e. The number of allylic oxidation sites excluding steroid dienone is 1. The Morgan fingerprint density at radius 3 is 2.62 bits per heavy atom. The number of alkyl halides is 3. The number of hydrogen-bond acceptors (Lipinski definition) is 9. The van der Waals surface area contributed by atoms with Crippen molar-refractivity contribution in [3.63, 3.8) is 0 Å². The molecule has 2 aliphatic carbocycles. The summed E-state index contributed by atoms with van der Waals surface area (Å²) in [5.74, 6) is -1.09. The number of thiazole rings is 1. The highest BCUT2D eigenvalue weighted by Crippen LogP contribution is 2.52. The summed E-state index contributed by atoms with van der Waals surface area (Å²) in [6.45, 7) is -0.200. The van der Waals surface area contributed by atoms with Crippen LogP contribution in [0.25, 0.3) is 11.8 Å². The molecule has 2 aliphatic rings. The summed E-state index contributed by atoms with van der Waals surface area (Å²) >= 11 is 0.239. The molecule has 1 fully saturated rings. The molecule has 4 aromatic rings. The quantitative estimate of drug-likeness (QED) is 0.198. The highest BCUT2D eigenvalue weighted by Gasteiger charge is 2.52. The number of aryl methyl sites for hydroxylation is 1.